The maximum Gasteiger partial charge on any atom is 0.494 e. The Morgan fingerprint density at radius 1 is 0.920 bits per heavy atom. The van der Waals surface area contributed by atoms with E-state index in [0.29, 0.717) is 5.75 Å². The van der Waals surface area contributed by atoms with Crippen LogP contribution < -0.4 is 10.2 Å². The SMILES string of the molecule is CC1(C)OB(c2ccc(OC34CC(C(F)(F)F)(C3)C4)cc2)OC1(C)C. The van der Waals surface area contributed by atoms with Crippen molar-refractivity contribution in [3.05, 3.63) is 24.3 Å². The molecule has 0 unspecified atom stereocenters. The fourth-order valence-electron chi connectivity index (χ4n) is 4.03. The molecular formula is C18H22BF3O3. The minimum atomic E-state index is -4.11. The van der Waals surface area contributed by atoms with Crippen molar-refractivity contribution >= 4 is 12.6 Å². The lowest BCUT2D eigenvalue weighted by Gasteiger charge is -2.69. The molecule has 4 fully saturated rings. The molecule has 3 nitrogen and oxygen atoms in total. The number of halogens is 3. The van der Waals surface area contributed by atoms with E-state index in [1.54, 1.807) is 12.1 Å². The van der Waals surface area contributed by atoms with Crippen molar-refractivity contribution in [3.8, 4) is 5.75 Å². The molecule has 0 amide bonds. The summed E-state index contributed by atoms with van der Waals surface area (Å²) >= 11 is 0. The van der Waals surface area contributed by atoms with E-state index >= 15 is 0 Å². The molecule has 5 rings (SSSR count). The van der Waals surface area contributed by atoms with E-state index in [9.17, 15) is 13.2 Å². The van der Waals surface area contributed by atoms with Gasteiger partial charge in [0, 0.05) is 19.3 Å². The highest BCUT2D eigenvalue weighted by Gasteiger charge is 2.80. The van der Waals surface area contributed by atoms with E-state index in [-0.39, 0.29) is 19.3 Å². The fraction of sp³-hybridized carbons (Fsp3) is 0.667. The zero-order chi connectivity index (χ0) is 18.3. The number of ether oxygens (including phenoxy) is 1. The standard InChI is InChI=1S/C18H22BF3O3/c1-14(2)15(3,4)25-19(24-14)12-5-7-13(8-6-12)23-17-9-16(10-17,11-17)18(20,21)22/h5-8H,9-11H2,1-4H3. The Hall–Kier alpha value is -1.21. The summed E-state index contributed by atoms with van der Waals surface area (Å²) in [5, 5.41) is 0. The molecular weight excluding hydrogens is 332 g/mol. The van der Waals surface area contributed by atoms with E-state index < -0.39 is 35.5 Å². The monoisotopic (exact) mass is 354 g/mol. The summed E-state index contributed by atoms with van der Waals surface area (Å²) in [5.74, 6) is 0.593. The third kappa shape index (κ3) is 2.42. The van der Waals surface area contributed by atoms with Crippen molar-refractivity contribution in [1.82, 2.24) is 0 Å². The molecule has 1 aliphatic heterocycles. The van der Waals surface area contributed by atoms with Crippen LogP contribution in [0.5, 0.6) is 5.75 Å². The Morgan fingerprint density at radius 3 is 1.84 bits per heavy atom. The van der Waals surface area contributed by atoms with Crippen molar-refractivity contribution in [1.29, 1.82) is 0 Å². The van der Waals surface area contributed by atoms with Crippen LogP contribution in [0.15, 0.2) is 24.3 Å². The topological polar surface area (TPSA) is 27.7 Å². The van der Waals surface area contributed by atoms with Crippen molar-refractivity contribution in [3.63, 3.8) is 0 Å². The first-order valence-electron chi connectivity index (χ1n) is 8.59. The van der Waals surface area contributed by atoms with E-state index in [2.05, 4.69) is 0 Å². The van der Waals surface area contributed by atoms with Crippen LogP contribution in [-0.2, 0) is 9.31 Å². The molecule has 0 N–H and O–H groups in total. The van der Waals surface area contributed by atoms with Crippen LogP contribution in [0.2, 0.25) is 0 Å². The van der Waals surface area contributed by atoms with Crippen LogP contribution in [-0.4, -0.2) is 30.1 Å². The zero-order valence-electron chi connectivity index (χ0n) is 14.9. The highest BCUT2D eigenvalue weighted by molar-refractivity contribution is 6.62. The van der Waals surface area contributed by atoms with Crippen LogP contribution in [0.3, 0.4) is 0 Å². The Balaban J connectivity index is 1.40. The second-order valence-corrected chi connectivity index (χ2v) is 8.75. The van der Waals surface area contributed by atoms with E-state index in [1.165, 1.54) is 0 Å². The third-order valence-electron chi connectivity index (χ3n) is 6.32. The molecule has 2 bridgehead atoms. The number of alkyl halides is 3. The van der Waals surface area contributed by atoms with Gasteiger partial charge in [-0.15, -0.1) is 0 Å². The molecule has 0 radical (unpaired) electrons. The predicted octanol–water partition coefficient (Wildman–Crippen LogP) is 3.85. The van der Waals surface area contributed by atoms with Gasteiger partial charge in [0.1, 0.15) is 11.4 Å². The molecule has 7 heteroatoms. The van der Waals surface area contributed by atoms with Gasteiger partial charge in [0.15, 0.2) is 0 Å². The number of benzene rings is 1. The van der Waals surface area contributed by atoms with Gasteiger partial charge in [-0.25, -0.2) is 0 Å². The Kier molecular flexibility index (Phi) is 3.27. The minimum absolute atomic E-state index is 0.0719. The predicted molar refractivity (Wildman–Crippen MR) is 87.9 cm³/mol. The van der Waals surface area contributed by atoms with Crippen LogP contribution in [0.1, 0.15) is 47.0 Å². The van der Waals surface area contributed by atoms with Gasteiger partial charge in [-0.3, -0.25) is 0 Å². The average Bonchev–Trinajstić information content (AvgIpc) is 2.60. The third-order valence-corrected chi connectivity index (χ3v) is 6.32. The summed E-state index contributed by atoms with van der Waals surface area (Å²) in [7, 11) is -0.456. The van der Waals surface area contributed by atoms with Gasteiger partial charge >= 0.3 is 13.3 Å². The summed E-state index contributed by atoms with van der Waals surface area (Å²) in [5.41, 5.74) is -2.07. The van der Waals surface area contributed by atoms with Crippen LogP contribution in [0.25, 0.3) is 0 Å². The first kappa shape index (κ1) is 17.2. The van der Waals surface area contributed by atoms with E-state index in [1.807, 2.05) is 39.8 Å². The quantitative estimate of drug-likeness (QED) is 0.772. The highest BCUT2D eigenvalue weighted by atomic mass is 19.4. The summed E-state index contributed by atoms with van der Waals surface area (Å²) in [4.78, 5) is 0. The van der Waals surface area contributed by atoms with Crippen molar-refractivity contribution in [2.75, 3.05) is 0 Å². The molecule has 136 valence electrons. The molecule has 0 atom stereocenters. The summed E-state index contributed by atoms with van der Waals surface area (Å²) in [6.07, 6.45) is -3.90. The normalized spacial score (nSPS) is 35.1. The smallest absolute Gasteiger partial charge is 0.487 e. The molecule has 0 aromatic heterocycles. The maximum atomic E-state index is 12.9. The Labute approximate surface area is 146 Å². The summed E-state index contributed by atoms with van der Waals surface area (Å²) in [6, 6.07) is 7.26. The largest absolute Gasteiger partial charge is 0.494 e. The summed E-state index contributed by atoms with van der Waals surface area (Å²) < 4.78 is 56.5. The number of hydrogen-bond acceptors (Lipinski definition) is 3. The molecule has 1 heterocycles. The molecule has 1 saturated heterocycles. The summed E-state index contributed by atoms with van der Waals surface area (Å²) in [6.45, 7) is 7.96. The van der Waals surface area contributed by atoms with Gasteiger partial charge in [-0.2, -0.15) is 13.2 Å². The first-order chi connectivity index (χ1) is 11.4. The average molecular weight is 354 g/mol. The lowest BCUT2D eigenvalue weighted by atomic mass is 9.40. The van der Waals surface area contributed by atoms with Gasteiger partial charge < -0.3 is 14.0 Å². The molecule has 0 spiro atoms. The maximum absolute atomic E-state index is 12.9. The Bertz CT molecular complexity index is 661. The second kappa shape index (κ2) is 4.74. The van der Waals surface area contributed by atoms with Crippen molar-refractivity contribution < 1.29 is 27.2 Å². The lowest BCUT2D eigenvalue weighted by Crippen LogP contribution is -2.74. The van der Waals surface area contributed by atoms with E-state index in [4.69, 9.17) is 14.0 Å². The van der Waals surface area contributed by atoms with Gasteiger partial charge in [0.2, 0.25) is 0 Å². The van der Waals surface area contributed by atoms with Crippen molar-refractivity contribution in [2.45, 2.75) is 69.9 Å². The van der Waals surface area contributed by atoms with E-state index in [0.717, 1.165) is 5.46 Å². The molecule has 3 aliphatic carbocycles. The van der Waals surface area contributed by atoms with Crippen molar-refractivity contribution in [2.24, 2.45) is 5.41 Å². The highest BCUT2D eigenvalue weighted by Crippen LogP contribution is 2.74. The molecule has 25 heavy (non-hydrogen) atoms. The van der Waals surface area contributed by atoms with Crippen LogP contribution in [0.4, 0.5) is 13.2 Å². The molecule has 3 saturated carbocycles. The zero-order valence-corrected chi connectivity index (χ0v) is 14.9. The van der Waals surface area contributed by atoms with Gasteiger partial charge in [0.25, 0.3) is 0 Å². The second-order valence-electron chi connectivity index (χ2n) is 8.75. The first-order valence-corrected chi connectivity index (χ1v) is 8.59. The van der Waals surface area contributed by atoms with Gasteiger partial charge in [-0.1, -0.05) is 12.1 Å². The number of hydrogen-bond donors (Lipinski definition) is 0. The van der Waals surface area contributed by atoms with Crippen LogP contribution in [0, 0.1) is 5.41 Å². The molecule has 1 aromatic carbocycles. The fourth-order valence-corrected chi connectivity index (χ4v) is 4.03. The molecule has 4 aliphatic rings. The Morgan fingerprint density at radius 2 is 1.40 bits per heavy atom. The molecule has 1 aromatic rings. The van der Waals surface area contributed by atoms with Gasteiger partial charge in [0.05, 0.1) is 16.6 Å². The minimum Gasteiger partial charge on any atom is -0.487 e. The van der Waals surface area contributed by atoms with Gasteiger partial charge in [-0.05, 0) is 45.3 Å². The number of rotatable bonds is 3. The van der Waals surface area contributed by atoms with Crippen LogP contribution >= 0.6 is 0 Å². The lowest BCUT2D eigenvalue weighted by molar-refractivity contribution is -0.373.